The van der Waals surface area contributed by atoms with Gasteiger partial charge >= 0.3 is 17.9 Å². The second-order valence-corrected chi connectivity index (χ2v) is 20.5. The van der Waals surface area contributed by atoms with Crippen molar-refractivity contribution in [3.8, 4) is 0 Å². The summed E-state index contributed by atoms with van der Waals surface area (Å²) in [6.07, 6.45) is 90.1. The first kappa shape index (κ1) is 72.5. The lowest BCUT2D eigenvalue weighted by Gasteiger charge is -2.18. The minimum atomic E-state index is -0.805. The summed E-state index contributed by atoms with van der Waals surface area (Å²) < 4.78 is 16.9. The molecule has 0 aromatic heterocycles. The summed E-state index contributed by atoms with van der Waals surface area (Å²) >= 11 is 0. The highest BCUT2D eigenvalue weighted by Crippen LogP contribution is 2.15. The van der Waals surface area contributed by atoms with Gasteiger partial charge in [0.25, 0.3) is 0 Å². The Kier molecular flexibility index (Phi) is 60.4. The lowest BCUT2D eigenvalue weighted by Crippen LogP contribution is -2.30. The van der Waals surface area contributed by atoms with Crippen LogP contribution in [0.2, 0.25) is 0 Å². The number of carbonyl (C=O) groups excluding carboxylic acids is 3. The smallest absolute Gasteiger partial charge is 0.306 e. The van der Waals surface area contributed by atoms with E-state index >= 15 is 0 Å². The highest BCUT2D eigenvalue weighted by molar-refractivity contribution is 5.71. The predicted molar refractivity (Wildman–Crippen MR) is 334 cm³/mol. The average Bonchev–Trinajstić information content (AvgIpc) is 3.43. The quantitative estimate of drug-likeness (QED) is 0.0261. The maximum Gasteiger partial charge on any atom is 0.306 e. The van der Waals surface area contributed by atoms with E-state index in [1.54, 1.807) is 0 Å². The van der Waals surface area contributed by atoms with Crippen molar-refractivity contribution < 1.29 is 28.6 Å². The van der Waals surface area contributed by atoms with Crippen molar-refractivity contribution >= 4 is 17.9 Å². The number of rotatable bonds is 56. The van der Waals surface area contributed by atoms with Crippen molar-refractivity contribution in [3.63, 3.8) is 0 Å². The fraction of sp³-hybridized carbons (Fsp3) is 0.648. The van der Waals surface area contributed by atoms with Crippen LogP contribution in [0.4, 0.5) is 0 Å². The number of hydrogen-bond donors (Lipinski definition) is 0. The highest BCUT2D eigenvalue weighted by Gasteiger charge is 2.19. The van der Waals surface area contributed by atoms with E-state index < -0.39 is 6.10 Å². The molecule has 0 spiro atoms. The number of ether oxygens (including phenoxy) is 3. The second kappa shape index (κ2) is 64.1. The monoisotopic (exact) mass is 1060 g/mol. The van der Waals surface area contributed by atoms with E-state index in [1.165, 1.54) is 77.0 Å². The molecule has 0 amide bonds. The maximum atomic E-state index is 12.9. The summed E-state index contributed by atoms with van der Waals surface area (Å²) in [5.74, 6) is -0.939. The molecule has 0 bridgehead atoms. The molecule has 6 heteroatoms. The van der Waals surface area contributed by atoms with Gasteiger partial charge in [0.05, 0.1) is 0 Å². The molecule has 0 aromatic carbocycles. The molecule has 0 aromatic rings. The van der Waals surface area contributed by atoms with Gasteiger partial charge in [0, 0.05) is 19.3 Å². The average molecular weight is 1070 g/mol. The van der Waals surface area contributed by atoms with Gasteiger partial charge in [-0.25, -0.2) is 0 Å². The number of esters is 3. The van der Waals surface area contributed by atoms with Crippen molar-refractivity contribution in [1.29, 1.82) is 0 Å². The van der Waals surface area contributed by atoms with Crippen LogP contribution in [0.25, 0.3) is 0 Å². The van der Waals surface area contributed by atoms with E-state index in [9.17, 15) is 14.4 Å². The van der Waals surface area contributed by atoms with Crippen LogP contribution in [0.5, 0.6) is 0 Å². The molecule has 436 valence electrons. The fourth-order valence-corrected chi connectivity index (χ4v) is 8.43. The maximum absolute atomic E-state index is 12.9. The Morgan fingerprint density at radius 1 is 0.273 bits per heavy atom. The molecule has 0 fully saturated rings. The van der Waals surface area contributed by atoms with E-state index in [4.69, 9.17) is 14.2 Å². The third-order valence-electron chi connectivity index (χ3n) is 13.1. The van der Waals surface area contributed by atoms with Crippen LogP contribution in [0.3, 0.4) is 0 Å². The Balaban J connectivity index is 4.50. The van der Waals surface area contributed by atoms with E-state index in [2.05, 4.69) is 154 Å². The number of unbranched alkanes of at least 4 members (excludes halogenated alkanes) is 23. The lowest BCUT2D eigenvalue weighted by molar-refractivity contribution is -0.167. The predicted octanol–water partition coefficient (Wildman–Crippen LogP) is 21.8. The van der Waals surface area contributed by atoms with Crippen LogP contribution in [0.15, 0.2) is 134 Å². The van der Waals surface area contributed by atoms with Crippen molar-refractivity contribution in [2.45, 2.75) is 284 Å². The first-order chi connectivity index (χ1) is 38.0. The second-order valence-electron chi connectivity index (χ2n) is 20.5. The lowest BCUT2D eigenvalue weighted by atomic mass is 10.1. The van der Waals surface area contributed by atoms with Crippen molar-refractivity contribution in [2.24, 2.45) is 0 Å². The van der Waals surface area contributed by atoms with Crippen molar-refractivity contribution in [1.82, 2.24) is 0 Å². The van der Waals surface area contributed by atoms with E-state index in [1.807, 2.05) is 0 Å². The van der Waals surface area contributed by atoms with Gasteiger partial charge in [0.1, 0.15) is 13.2 Å². The van der Waals surface area contributed by atoms with Crippen LogP contribution < -0.4 is 0 Å². The van der Waals surface area contributed by atoms with E-state index in [0.717, 1.165) is 161 Å². The molecular formula is C71H116O6. The topological polar surface area (TPSA) is 78.9 Å². The zero-order chi connectivity index (χ0) is 55.7. The minimum absolute atomic E-state index is 0.0983. The van der Waals surface area contributed by atoms with Gasteiger partial charge in [-0.15, -0.1) is 0 Å². The van der Waals surface area contributed by atoms with E-state index in [0.29, 0.717) is 19.3 Å². The van der Waals surface area contributed by atoms with Gasteiger partial charge in [-0.2, -0.15) is 0 Å². The van der Waals surface area contributed by atoms with Gasteiger partial charge in [0.15, 0.2) is 6.10 Å². The fourth-order valence-electron chi connectivity index (χ4n) is 8.43. The molecule has 0 aliphatic heterocycles. The molecule has 77 heavy (non-hydrogen) atoms. The molecule has 1 atom stereocenters. The Bertz CT molecular complexity index is 1650. The van der Waals surface area contributed by atoms with Gasteiger partial charge < -0.3 is 14.2 Å². The first-order valence-corrected chi connectivity index (χ1v) is 31.7. The van der Waals surface area contributed by atoms with E-state index in [-0.39, 0.29) is 31.1 Å². The van der Waals surface area contributed by atoms with Gasteiger partial charge in [0.2, 0.25) is 0 Å². The molecule has 0 saturated carbocycles. The minimum Gasteiger partial charge on any atom is -0.462 e. The molecule has 0 saturated heterocycles. The SMILES string of the molecule is CC/C=C\C/C=C\C/C=C\C/C=C\C/C=C\CCCCCCCC(=O)OCC(COC(=O)CCCCCCCCC/C=C\CCCCCCCC)OC(=O)CCCCCCC/C=C\C/C=C\C/C=C\C/C=C\C/C=C\CC. The number of hydrogen-bond acceptors (Lipinski definition) is 6. The molecule has 0 radical (unpaired) electrons. The zero-order valence-corrected chi connectivity index (χ0v) is 49.9. The molecular weight excluding hydrogens is 949 g/mol. The van der Waals surface area contributed by atoms with Gasteiger partial charge in [-0.05, 0) is 135 Å². The Labute approximate surface area is 475 Å². The Morgan fingerprint density at radius 3 is 0.805 bits per heavy atom. The van der Waals surface area contributed by atoms with Crippen molar-refractivity contribution in [3.05, 3.63) is 134 Å². The Hall–Kier alpha value is -4.45. The number of carbonyl (C=O) groups is 3. The van der Waals surface area contributed by atoms with Crippen LogP contribution in [-0.4, -0.2) is 37.2 Å². The third kappa shape index (κ3) is 62.3. The molecule has 0 aliphatic carbocycles. The molecule has 0 aliphatic rings. The zero-order valence-electron chi connectivity index (χ0n) is 49.9. The highest BCUT2D eigenvalue weighted by atomic mass is 16.6. The van der Waals surface area contributed by atoms with Gasteiger partial charge in [-0.1, -0.05) is 257 Å². The van der Waals surface area contributed by atoms with Crippen LogP contribution in [0.1, 0.15) is 278 Å². The summed E-state index contributed by atoms with van der Waals surface area (Å²) in [5.41, 5.74) is 0. The molecule has 0 heterocycles. The molecule has 0 N–H and O–H groups in total. The first-order valence-electron chi connectivity index (χ1n) is 31.7. The van der Waals surface area contributed by atoms with Crippen LogP contribution in [0, 0.1) is 0 Å². The standard InChI is InChI=1S/C71H116O6/c1-4-7-10-13-16-19-22-25-28-31-33-35-37-40-43-46-49-52-55-58-61-64-70(73)76-67-68(66-75-69(72)63-60-57-54-51-48-45-42-39-30-27-24-21-18-15-12-9-6-3)77-71(74)65-62-59-56-53-50-47-44-41-38-36-34-32-29-26-23-20-17-14-11-8-5-2/h7-8,10-11,16-17,19-20,25-30,33-36,40-41,43-44,68H,4-6,9,12-15,18,21-24,31-32,37-39,42,45-67H2,1-3H3/b10-7-,11-8-,19-16-,20-17-,28-25-,29-26-,30-27-,35-33-,36-34-,43-40-,44-41-. The molecule has 6 nitrogen and oxygen atoms in total. The van der Waals surface area contributed by atoms with Gasteiger partial charge in [-0.3, -0.25) is 14.4 Å². The third-order valence-corrected chi connectivity index (χ3v) is 13.1. The number of allylic oxidation sites excluding steroid dienone is 22. The summed E-state index contributed by atoms with van der Waals surface area (Å²) in [6, 6.07) is 0. The largest absolute Gasteiger partial charge is 0.462 e. The van der Waals surface area contributed by atoms with Crippen molar-refractivity contribution in [2.75, 3.05) is 13.2 Å². The molecule has 1 unspecified atom stereocenters. The molecule has 0 rings (SSSR count). The van der Waals surface area contributed by atoms with Crippen LogP contribution >= 0.6 is 0 Å². The normalized spacial score (nSPS) is 13.0. The Morgan fingerprint density at radius 2 is 0.506 bits per heavy atom. The summed E-state index contributed by atoms with van der Waals surface area (Å²) in [7, 11) is 0. The summed E-state index contributed by atoms with van der Waals surface area (Å²) in [6.45, 7) is 6.38. The summed E-state index contributed by atoms with van der Waals surface area (Å²) in [5, 5.41) is 0. The summed E-state index contributed by atoms with van der Waals surface area (Å²) in [4.78, 5) is 38.4. The van der Waals surface area contributed by atoms with Crippen LogP contribution in [-0.2, 0) is 28.6 Å².